The van der Waals surface area contributed by atoms with Gasteiger partial charge in [0.15, 0.2) is 6.17 Å². The number of hydrogen-bond acceptors (Lipinski definition) is 4. The minimum atomic E-state index is -2.01. The molecule has 3 aromatic rings. The van der Waals surface area contributed by atoms with Gasteiger partial charge >= 0.3 is 0 Å². The minimum Gasteiger partial charge on any atom is -0.497 e. The van der Waals surface area contributed by atoms with Gasteiger partial charge in [-0.05, 0) is 52.7 Å². The van der Waals surface area contributed by atoms with Gasteiger partial charge in [0, 0.05) is 4.90 Å². The Morgan fingerprint density at radius 3 is 2.11 bits per heavy atom. The lowest BCUT2D eigenvalue weighted by Gasteiger charge is -2.15. The van der Waals surface area contributed by atoms with Gasteiger partial charge < -0.3 is 9.84 Å². The second-order valence-electron chi connectivity index (χ2n) is 5.93. The molecule has 0 unspecified atom stereocenters. The topological polar surface area (TPSA) is 46.5 Å². The molecular formula is C22H19FO3S. The third-order valence-corrected chi connectivity index (χ3v) is 5.07. The van der Waals surface area contributed by atoms with E-state index in [0.717, 1.165) is 22.9 Å². The predicted molar refractivity (Wildman–Crippen MR) is 106 cm³/mol. The van der Waals surface area contributed by atoms with Crippen LogP contribution >= 0.6 is 11.8 Å². The number of methoxy groups -OCH3 is 1. The second kappa shape index (κ2) is 8.84. The van der Waals surface area contributed by atoms with Crippen molar-refractivity contribution in [3.63, 3.8) is 0 Å². The number of halogens is 1. The molecule has 138 valence electrons. The maximum Gasteiger partial charge on any atom is 0.230 e. The van der Waals surface area contributed by atoms with E-state index in [2.05, 4.69) is 0 Å². The summed E-state index contributed by atoms with van der Waals surface area (Å²) in [6, 6.07) is 23.4. The van der Waals surface area contributed by atoms with Gasteiger partial charge in [-0.1, -0.05) is 54.6 Å². The van der Waals surface area contributed by atoms with Crippen LogP contribution in [0.5, 0.6) is 5.75 Å². The number of aliphatic hydroxyl groups excluding tert-OH is 1. The zero-order chi connectivity index (χ0) is 19.2. The van der Waals surface area contributed by atoms with Crippen LogP contribution in [0.1, 0.15) is 11.7 Å². The molecule has 1 N–H and O–H groups in total. The fourth-order valence-corrected chi connectivity index (χ4v) is 3.36. The highest BCUT2D eigenvalue weighted by Gasteiger charge is 2.28. The van der Waals surface area contributed by atoms with Crippen molar-refractivity contribution >= 4 is 16.9 Å². The van der Waals surface area contributed by atoms with Crippen LogP contribution in [-0.2, 0) is 4.79 Å². The van der Waals surface area contributed by atoms with Gasteiger partial charge in [-0.3, -0.25) is 4.79 Å². The smallest absolute Gasteiger partial charge is 0.230 e. The van der Waals surface area contributed by atoms with Crippen LogP contribution in [0.3, 0.4) is 0 Å². The Hall–Kier alpha value is -2.63. The number of thioether (sulfide) groups is 1. The summed E-state index contributed by atoms with van der Waals surface area (Å²) < 4.78 is 19.5. The molecular weight excluding hydrogens is 363 g/mol. The Bertz CT molecular complexity index is 880. The Labute approximate surface area is 161 Å². The van der Waals surface area contributed by atoms with Gasteiger partial charge in [-0.2, -0.15) is 0 Å². The summed E-state index contributed by atoms with van der Waals surface area (Å²) in [5, 5.41) is 9.52. The first-order chi connectivity index (χ1) is 13.1. The summed E-state index contributed by atoms with van der Waals surface area (Å²) in [6.07, 6.45) is -3.52. The van der Waals surface area contributed by atoms with Crippen molar-refractivity contribution in [2.75, 3.05) is 7.11 Å². The highest BCUT2D eigenvalue weighted by molar-refractivity contribution is 8.13. The molecule has 2 atom stereocenters. The number of rotatable bonds is 6. The Morgan fingerprint density at radius 1 is 0.926 bits per heavy atom. The Kier molecular flexibility index (Phi) is 6.27. The number of hydrogen-bond donors (Lipinski definition) is 1. The average molecular weight is 382 g/mol. The van der Waals surface area contributed by atoms with E-state index in [4.69, 9.17) is 4.74 Å². The van der Waals surface area contributed by atoms with E-state index in [-0.39, 0.29) is 0 Å². The fraction of sp³-hybridized carbons (Fsp3) is 0.136. The van der Waals surface area contributed by atoms with Crippen molar-refractivity contribution in [2.45, 2.75) is 17.2 Å². The van der Waals surface area contributed by atoms with Crippen LogP contribution in [-0.4, -0.2) is 23.5 Å². The third-order valence-electron chi connectivity index (χ3n) is 4.14. The monoisotopic (exact) mass is 382 g/mol. The minimum absolute atomic E-state index is 0.367. The Balaban J connectivity index is 1.66. The summed E-state index contributed by atoms with van der Waals surface area (Å²) in [5.41, 5.74) is 2.35. The lowest BCUT2D eigenvalue weighted by molar-refractivity contribution is -0.119. The molecule has 0 aliphatic carbocycles. The molecule has 0 aromatic heterocycles. The molecule has 0 aliphatic heterocycles. The number of carbonyl (C=O) groups is 1. The molecule has 0 fully saturated rings. The number of alkyl halides is 1. The van der Waals surface area contributed by atoms with Crippen molar-refractivity contribution in [1.29, 1.82) is 0 Å². The molecule has 0 radical (unpaired) electrons. The maximum atomic E-state index is 14.5. The summed E-state index contributed by atoms with van der Waals surface area (Å²) in [6.45, 7) is 0. The standard InChI is InChI=1S/C22H19FO3S/c1-26-18-11-13-19(14-12-18)27-22(25)20(23)21(24)17-9-7-16(8-10-17)15-5-3-2-4-6-15/h2-14,20-21,24H,1H3/t20-,21+/m1/s1. The largest absolute Gasteiger partial charge is 0.497 e. The first-order valence-corrected chi connectivity index (χ1v) is 9.23. The van der Waals surface area contributed by atoms with Crippen molar-refractivity contribution in [3.05, 3.63) is 84.4 Å². The zero-order valence-corrected chi connectivity index (χ0v) is 15.5. The van der Waals surface area contributed by atoms with Gasteiger partial charge in [-0.15, -0.1) is 0 Å². The lowest BCUT2D eigenvalue weighted by Crippen LogP contribution is -2.21. The van der Waals surface area contributed by atoms with Gasteiger partial charge in [0.25, 0.3) is 0 Å². The van der Waals surface area contributed by atoms with Gasteiger partial charge in [0.1, 0.15) is 11.9 Å². The van der Waals surface area contributed by atoms with Crippen LogP contribution < -0.4 is 4.74 Å². The number of carbonyl (C=O) groups excluding carboxylic acids is 1. The fourth-order valence-electron chi connectivity index (χ4n) is 2.62. The molecule has 5 heteroatoms. The zero-order valence-electron chi connectivity index (χ0n) is 14.7. The van der Waals surface area contributed by atoms with Crippen molar-refractivity contribution in [1.82, 2.24) is 0 Å². The van der Waals surface area contributed by atoms with E-state index in [1.807, 2.05) is 42.5 Å². The summed E-state index contributed by atoms with van der Waals surface area (Å²) in [4.78, 5) is 12.8. The first-order valence-electron chi connectivity index (χ1n) is 8.42. The Morgan fingerprint density at radius 2 is 1.52 bits per heavy atom. The molecule has 0 saturated heterocycles. The number of ether oxygens (including phenoxy) is 1. The predicted octanol–water partition coefficient (Wildman–Crippen LogP) is 5.05. The van der Waals surface area contributed by atoms with Crippen LogP contribution in [0.25, 0.3) is 11.1 Å². The number of benzene rings is 3. The first kappa shape index (κ1) is 19.1. The molecule has 3 rings (SSSR count). The highest BCUT2D eigenvalue weighted by atomic mass is 32.2. The van der Waals surface area contributed by atoms with Crippen molar-refractivity contribution in [3.8, 4) is 16.9 Å². The highest BCUT2D eigenvalue weighted by Crippen LogP contribution is 2.30. The molecule has 3 aromatic carbocycles. The van der Waals surface area contributed by atoms with E-state index < -0.39 is 17.4 Å². The SMILES string of the molecule is COc1ccc(SC(=O)[C@H](F)[C@@H](O)c2ccc(-c3ccccc3)cc2)cc1. The van der Waals surface area contributed by atoms with Crippen LogP contribution in [0.15, 0.2) is 83.8 Å². The van der Waals surface area contributed by atoms with Crippen molar-refractivity contribution < 1.29 is 19.0 Å². The van der Waals surface area contributed by atoms with Gasteiger partial charge in [-0.25, -0.2) is 4.39 Å². The van der Waals surface area contributed by atoms with E-state index in [0.29, 0.717) is 16.2 Å². The molecule has 0 bridgehead atoms. The average Bonchev–Trinajstić information content (AvgIpc) is 2.74. The summed E-state index contributed by atoms with van der Waals surface area (Å²) in [7, 11) is 1.55. The van der Waals surface area contributed by atoms with Crippen LogP contribution in [0, 0.1) is 0 Å². The third kappa shape index (κ3) is 4.76. The molecule has 0 amide bonds. The molecule has 0 heterocycles. The van der Waals surface area contributed by atoms with E-state index in [9.17, 15) is 14.3 Å². The van der Waals surface area contributed by atoms with E-state index >= 15 is 0 Å². The van der Waals surface area contributed by atoms with Gasteiger partial charge in [0.2, 0.25) is 5.12 Å². The van der Waals surface area contributed by atoms with Crippen molar-refractivity contribution in [2.24, 2.45) is 0 Å². The van der Waals surface area contributed by atoms with Gasteiger partial charge in [0.05, 0.1) is 7.11 Å². The van der Waals surface area contributed by atoms with Crippen LogP contribution in [0.2, 0.25) is 0 Å². The van der Waals surface area contributed by atoms with Crippen LogP contribution in [0.4, 0.5) is 4.39 Å². The summed E-state index contributed by atoms with van der Waals surface area (Å²) >= 11 is 0.764. The van der Waals surface area contributed by atoms with E-state index in [1.165, 1.54) is 0 Å². The maximum absolute atomic E-state index is 14.5. The number of aliphatic hydroxyl groups is 1. The molecule has 3 nitrogen and oxygen atoms in total. The summed E-state index contributed by atoms with van der Waals surface area (Å²) in [5.74, 6) is 0.655. The normalized spacial score (nSPS) is 13.0. The second-order valence-corrected chi connectivity index (χ2v) is 7.01. The molecule has 0 aliphatic rings. The van der Waals surface area contributed by atoms with E-state index in [1.54, 1.807) is 43.5 Å². The molecule has 0 spiro atoms. The quantitative estimate of drug-likeness (QED) is 0.606. The molecule has 0 saturated carbocycles. The lowest BCUT2D eigenvalue weighted by atomic mass is 10.0. The molecule has 27 heavy (non-hydrogen) atoms.